The molecule has 1 aromatic carbocycles. The predicted octanol–water partition coefficient (Wildman–Crippen LogP) is 7.92. The standard InChI is InChI=1S/C22H32O3.C17H17NO2/c1-4-20(24)25-19-8-7-17-16-6-5-14-13-15(23)9-11-21(14,2)18(16)10-12-22(17,19)3;1-20-16-4-2-3-15-14(16)6-5-13(17(15)19)11-12-7-9-18-10-8-12/h13,16-19H,4-12H2,1-3H3;2-4,7-10,13H,5-6,11H2,1H3/t16-,17-,18-,19-,21-,22-;/m0./s1. The van der Waals surface area contributed by atoms with Crippen molar-refractivity contribution in [1.82, 2.24) is 4.98 Å². The Labute approximate surface area is 268 Å². The Bertz CT molecular complexity index is 1470. The summed E-state index contributed by atoms with van der Waals surface area (Å²) in [4.78, 5) is 40.4. The normalized spacial score (nSPS) is 33.3. The fourth-order valence-corrected chi connectivity index (χ4v) is 9.86. The van der Waals surface area contributed by atoms with E-state index in [2.05, 4.69) is 18.8 Å². The van der Waals surface area contributed by atoms with Crippen LogP contribution in [0.2, 0.25) is 0 Å². The molecule has 240 valence electrons. The first-order valence-electron chi connectivity index (χ1n) is 17.2. The third kappa shape index (κ3) is 5.90. The first kappa shape index (κ1) is 31.7. The summed E-state index contributed by atoms with van der Waals surface area (Å²) in [6.07, 6.45) is 17.4. The number of ketones is 2. The van der Waals surface area contributed by atoms with Gasteiger partial charge in [-0.05, 0) is 117 Å². The van der Waals surface area contributed by atoms with Gasteiger partial charge in [-0.15, -0.1) is 0 Å². The van der Waals surface area contributed by atoms with Gasteiger partial charge < -0.3 is 9.47 Å². The number of fused-ring (bicyclic) bond motifs is 6. The number of allylic oxidation sites excluding steroid dienone is 1. The zero-order valence-electron chi connectivity index (χ0n) is 27.5. The van der Waals surface area contributed by atoms with Crippen LogP contribution in [0.5, 0.6) is 5.75 Å². The minimum atomic E-state index is -0.0411. The summed E-state index contributed by atoms with van der Waals surface area (Å²) < 4.78 is 11.2. The lowest BCUT2D eigenvalue weighted by molar-refractivity contribution is -0.159. The highest BCUT2D eigenvalue weighted by Crippen LogP contribution is 2.65. The Kier molecular flexibility index (Phi) is 9.05. The second-order valence-electron chi connectivity index (χ2n) is 14.6. The van der Waals surface area contributed by atoms with Crippen molar-refractivity contribution in [1.29, 1.82) is 0 Å². The third-order valence-corrected chi connectivity index (χ3v) is 12.4. The molecule has 2 aromatic rings. The summed E-state index contributed by atoms with van der Waals surface area (Å²) in [6.45, 7) is 6.69. The smallest absolute Gasteiger partial charge is 0.305 e. The molecule has 7 atom stereocenters. The van der Waals surface area contributed by atoms with Crippen LogP contribution in [0.25, 0.3) is 0 Å². The Morgan fingerprint density at radius 1 is 0.933 bits per heavy atom. The number of carbonyl (C=O) groups excluding carboxylic acids is 3. The van der Waals surface area contributed by atoms with E-state index in [1.807, 2.05) is 43.3 Å². The number of esters is 1. The molecule has 1 aromatic heterocycles. The SMILES string of the molecule is CCC(=O)O[C@H]1CC[C@H]2[C@@H]3CCC4=CC(=O)CC[C@]4(C)[C@H]3CC[C@]12C.COc1cccc2c1CCC(Cc1ccncc1)C2=O. The molecule has 5 aliphatic carbocycles. The fourth-order valence-electron chi connectivity index (χ4n) is 9.86. The average Bonchev–Trinajstić information content (AvgIpc) is 3.38. The van der Waals surface area contributed by atoms with Crippen molar-refractivity contribution in [3.8, 4) is 5.75 Å². The van der Waals surface area contributed by atoms with Crippen molar-refractivity contribution in [2.45, 2.75) is 104 Å². The van der Waals surface area contributed by atoms with E-state index in [1.54, 1.807) is 19.5 Å². The number of Topliss-reactive ketones (excluding diaryl/α,β-unsaturated/α-hetero) is 1. The van der Waals surface area contributed by atoms with Crippen molar-refractivity contribution in [2.75, 3.05) is 7.11 Å². The largest absolute Gasteiger partial charge is 0.496 e. The van der Waals surface area contributed by atoms with Crippen molar-refractivity contribution in [3.05, 3.63) is 71.1 Å². The van der Waals surface area contributed by atoms with Gasteiger partial charge >= 0.3 is 5.97 Å². The maximum atomic E-state index is 12.6. The Balaban J connectivity index is 0.000000163. The minimum Gasteiger partial charge on any atom is -0.496 e. The van der Waals surface area contributed by atoms with Gasteiger partial charge in [-0.25, -0.2) is 0 Å². The van der Waals surface area contributed by atoms with Gasteiger partial charge in [0.25, 0.3) is 0 Å². The first-order chi connectivity index (χ1) is 21.7. The number of rotatable bonds is 5. The molecule has 0 aliphatic heterocycles. The second kappa shape index (κ2) is 12.8. The minimum absolute atomic E-state index is 0.0411. The van der Waals surface area contributed by atoms with Crippen LogP contribution in [0.1, 0.15) is 106 Å². The molecule has 6 heteroatoms. The summed E-state index contributed by atoms with van der Waals surface area (Å²) in [6, 6.07) is 9.70. The van der Waals surface area contributed by atoms with Crippen molar-refractivity contribution in [2.24, 2.45) is 34.5 Å². The van der Waals surface area contributed by atoms with Gasteiger partial charge in [-0.3, -0.25) is 19.4 Å². The molecule has 0 bridgehead atoms. The Morgan fingerprint density at radius 3 is 2.49 bits per heavy atom. The van der Waals surface area contributed by atoms with Crippen LogP contribution in [-0.2, 0) is 27.2 Å². The van der Waals surface area contributed by atoms with Gasteiger partial charge in [0.2, 0.25) is 0 Å². The van der Waals surface area contributed by atoms with Crippen LogP contribution < -0.4 is 4.74 Å². The second-order valence-corrected chi connectivity index (χ2v) is 14.6. The molecular weight excluding hydrogens is 562 g/mol. The molecule has 1 heterocycles. The number of aromatic nitrogens is 1. The Morgan fingerprint density at radius 2 is 1.73 bits per heavy atom. The van der Waals surface area contributed by atoms with Gasteiger partial charge in [-0.2, -0.15) is 0 Å². The zero-order valence-corrected chi connectivity index (χ0v) is 27.5. The quantitative estimate of drug-likeness (QED) is 0.320. The number of pyridine rings is 1. The average molecular weight is 612 g/mol. The van der Waals surface area contributed by atoms with Gasteiger partial charge in [0.1, 0.15) is 11.9 Å². The van der Waals surface area contributed by atoms with Crippen LogP contribution in [0.3, 0.4) is 0 Å². The predicted molar refractivity (Wildman–Crippen MR) is 174 cm³/mol. The Hall–Kier alpha value is -3.28. The highest BCUT2D eigenvalue weighted by Gasteiger charge is 2.59. The summed E-state index contributed by atoms with van der Waals surface area (Å²) in [7, 11) is 1.66. The van der Waals surface area contributed by atoms with Crippen LogP contribution in [0.15, 0.2) is 54.4 Å². The van der Waals surface area contributed by atoms with Gasteiger partial charge in [0.15, 0.2) is 11.6 Å². The van der Waals surface area contributed by atoms with Crippen LogP contribution in [-0.4, -0.2) is 35.7 Å². The highest BCUT2D eigenvalue weighted by atomic mass is 16.5. The molecule has 45 heavy (non-hydrogen) atoms. The van der Waals surface area contributed by atoms with Crippen LogP contribution >= 0.6 is 0 Å². The first-order valence-corrected chi connectivity index (χ1v) is 17.2. The number of nitrogens with zero attached hydrogens (tertiary/aromatic N) is 1. The fraction of sp³-hybridized carbons (Fsp3) is 0.590. The number of methoxy groups -OCH3 is 1. The molecule has 3 fully saturated rings. The van der Waals surface area contributed by atoms with Gasteiger partial charge in [-0.1, -0.05) is 38.5 Å². The third-order valence-electron chi connectivity index (χ3n) is 12.4. The number of hydrogen-bond acceptors (Lipinski definition) is 6. The summed E-state index contributed by atoms with van der Waals surface area (Å²) in [5.41, 5.74) is 4.88. The molecule has 1 unspecified atom stereocenters. The molecule has 5 aliphatic rings. The molecule has 6 nitrogen and oxygen atoms in total. The number of carbonyl (C=O) groups is 3. The van der Waals surface area contributed by atoms with Crippen LogP contribution in [0, 0.1) is 34.5 Å². The van der Waals surface area contributed by atoms with Gasteiger partial charge in [0, 0.05) is 47.7 Å². The highest BCUT2D eigenvalue weighted by molar-refractivity contribution is 6.01. The van der Waals surface area contributed by atoms with Crippen molar-refractivity contribution >= 4 is 17.5 Å². The molecule has 0 amide bonds. The molecule has 0 spiro atoms. The monoisotopic (exact) mass is 611 g/mol. The van der Waals surface area contributed by atoms with E-state index < -0.39 is 0 Å². The van der Waals surface area contributed by atoms with E-state index in [0.717, 1.165) is 74.2 Å². The molecule has 0 N–H and O–H groups in total. The van der Waals surface area contributed by atoms with E-state index >= 15 is 0 Å². The van der Waals surface area contributed by atoms with Gasteiger partial charge in [0.05, 0.1) is 7.11 Å². The lowest BCUT2D eigenvalue weighted by Crippen LogP contribution is -2.51. The van der Waals surface area contributed by atoms with E-state index in [1.165, 1.54) is 30.4 Å². The molecule has 0 saturated heterocycles. The molecule has 7 rings (SSSR count). The number of hydrogen-bond donors (Lipinski definition) is 0. The summed E-state index contributed by atoms with van der Waals surface area (Å²) >= 11 is 0. The zero-order chi connectivity index (χ0) is 31.8. The van der Waals surface area contributed by atoms with E-state index in [0.29, 0.717) is 24.0 Å². The topological polar surface area (TPSA) is 82.6 Å². The van der Waals surface area contributed by atoms with E-state index in [-0.39, 0.29) is 34.6 Å². The number of benzene rings is 1. The maximum absolute atomic E-state index is 12.6. The summed E-state index contributed by atoms with van der Waals surface area (Å²) in [5.74, 6) is 3.55. The summed E-state index contributed by atoms with van der Waals surface area (Å²) in [5, 5.41) is 0. The lowest BCUT2D eigenvalue weighted by atomic mass is 9.47. The lowest BCUT2D eigenvalue weighted by Gasteiger charge is -2.57. The molecule has 0 radical (unpaired) electrons. The van der Waals surface area contributed by atoms with Crippen LogP contribution in [0.4, 0.5) is 0 Å². The van der Waals surface area contributed by atoms with E-state index in [9.17, 15) is 14.4 Å². The molecular formula is C39H49NO5. The maximum Gasteiger partial charge on any atom is 0.305 e. The van der Waals surface area contributed by atoms with Crippen molar-refractivity contribution in [3.63, 3.8) is 0 Å². The van der Waals surface area contributed by atoms with Crippen molar-refractivity contribution < 1.29 is 23.9 Å². The molecule has 3 saturated carbocycles. The van der Waals surface area contributed by atoms with E-state index in [4.69, 9.17) is 9.47 Å². The number of ether oxygens (including phenoxy) is 2.